The molecular formula is C17H20O3. The molecule has 1 unspecified atom stereocenters. The van der Waals surface area contributed by atoms with E-state index in [4.69, 9.17) is 9.47 Å². The molecule has 106 valence electrons. The van der Waals surface area contributed by atoms with Crippen LogP contribution in [0.4, 0.5) is 0 Å². The molecule has 0 bridgehead atoms. The minimum absolute atomic E-state index is 0.0530. The predicted octanol–water partition coefficient (Wildman–Crippen LogP) is 3.02. The van der Waals surface area contributed by atoms with Crippen LogP contribution in [-0.2, 0) is 6.42 Å². The molecule has 0 amide bonds. The van der Waals surface area contributed by atoms with Gasteiger partial charge in [-0.25, -0.2) is 0 Å². The van der Waals surface area contributed by atoms with Crippen molar-refractivity contribution in [2.75, 3.05) is 20.8 Å². The molecule has 0 heterocycles. The van der Waals surface area contributed by atoms with E-state index in [1.807, 2.05) is 48.5 Å². The molecule has 20 heavy (non-hydrogen) atoms. The standard InChI is InChI=1S/C17H20O3/c1-19-16-8-9-17(20-2)14(11-16)10-15(12-18)13-6-4-3-5-7-13/h3-9,11,15,18H,10,12H2,1-2H3. The summed E-state index contributed by atoms with van der Waals surface area (Å²) < 4.78 is 10.6. The number of ether oxygens (including phenoxy) is 2. The van der Waals surface area contributed by atoms with Gasteiger partial charge in [-0.1, -0.05) is 30.3 Å². The second kappa shape index (κ2) is 6.96. The number of aliphatic hydroxyl groups is 1. The Kier molecular flexibility index (Phi) is 5.02. The fraction of sp³-hybridized carbons (Fsp3) is 0.294. The summed E-state index contributed by atoms with van der Waals surface area (Å²) in [6.07, 6.45) is 0.709. The summed E-state index contributed by atoms with van der Waals surface area (Å²) >= 11 is 0. The van der Waals surface area contributed by atoms with Crippen LogP contribution in [0.3, 0.4) is 0 Å². The quantitative estimate of drug-likeness (QED) is 0.878. The van der Waals surface area contributed by atoms with E-state index in [9.17, 15) is 5.11 Å². The van der Waals surface area contributed by atoms with Crippen LogP contribution in [0.5, 0.6) is 11.5 Å². The van der Waals surface area contributed by atoms with Gasteiger partial charge in [0.1, 0.15) is 11.5 Å². The minimum atomic E-state index is 0.0530. The first-order valence-electron chi connectivity index (χ1n) is 6.65. The molecule has 0 spiro atoms. The average molecular weight is 272 g/mol. The molecule has 0 aliphatic carbocycles. The summed E-state index contributed by atoms with van der Waals surface area (Å²) in [5.74, 6) is 1.67. The van der Waals surface area contributed by atoms with Gasteiger partial charge in [0.15, 0.2) is 0 Å². The Morgan fingerprint density at radius 2 is 1.75 bits per heavy atom. The Labute approximate surface area is 119 Å². The number of rotatable bonds is 6. The first-order valence-corrected chi connectivity index (χ1v) is 6.65. The summed E-state index contributed by atoms with van der Waals surface area (Å²) in [5, 5.41) is 9.66. The summed E-state index contributed by atoms with van der Waals surface area (Å²) in [6, 6.07) is 15.8. The molecule has 3 heteroatoms. The molecule has 2 rings (SSSR count). The molecule has 0 saturated carbocycles. The highest BCUT2D eigenvalue weighted by Gasteiger charge is 2.14. The third-order valence-electron chi connectivity index (χ3n) is 3.45. The van der Waals surface area contributed by atoms with Crippen LogP contribution in [0.2, 0.25) is 0 Å². The van der Waals surface area contributed by atoms with Gasteiger partial charge in [0.2, 0.25) is 0 Å². The van der Waals surface area contributed by atoms with Crippen molar-refractivity contribution in [2.24, 2.45) is 0 Å². The van der Waals surface area contributed by atoms with Crippen molar-refractivity contribution in [3.05, 3.63) is 59.7 Å². The third kappa shape index (κ3) is 3.31. The number of hydrogen-bond donors (Lipinski definition) is 1. The van der Waals surface area contributed by atoms with Gasteiger partial charge in [0.25, 0.3) is 0 Å². The Balaban J connectivity index is 2.27. The molecule has 1 N–H and O–H groups in total. The Morgan fingerprint density at radius 3 is 2.35 bits per heavy atom. The highest BCUT2D eigenvalue weighted by molar-refractivity contribution is 5.41. The van der Waals surface area contributed by atoms with E-state index in [2.05, 4.69) is 0 Å². The van der Waals surface area contributed by atoms with Crippen LogP contribution < -0.4 is 9.47 Å². The van der Waals surface area contributed by atoms with Crippen molar-refractivity contribution < 1.29 is 14.6 Å². The molecule has 2 aromatic rings. The van der Waals surface area contributed by atoms with Crippen molar-refractivity contribution >= 4 is 0 Å². The third-order valence-corrected chi connectivity index (χ3v) is 3.45. The number of aliphatic hydroxyl groups excluding tert-OH is 1. The summed E-state index contributed by atoms with van der Waals surface area (Å²) in [5.41, 5.74) is 2.16. The number of benzene rings is 2. The predicted molar refractivity (Wildman–Crippen MR) is 79.5 cm³/mol. The fourth-order valence-electron chi connectivity index (χ4n) is 2.32. The molecule has 0 aromatic heterocycles. The van der Waals surface area contributed by atoms with E-state index in [1.54, 1.807) is 14.2 Å². The number of hydrogen-bond acceptors (Lipinski definition) is 3. The summed E-state index contributed by atoms with van der Waals surface area (Å²) in [7, 11) is 3.30. The number of methoxy groups -OCH3 is 2. The van der Waals surface area contributed by atoms with E-state index >= 15 is 0 Å². The van der Waals surface area contributed by atoms with Gasteiger partial charge in [-0.2, -0.15) is 0 Å². The zero-order valence-electron chi connectivity index (χ0n) is 11.9. The smallest absolute Gasteiger partial charge is 0.122 e. The van der Waals surface area contributed by atoms with Crippen LogP contribution in [0.25, 0.3) is 0 Å². The molecule has 0 saturated heterocycles. The van der Waals surface area contributed by atoms with Crippen molar-refractivity contribution in [2.45, 2.75) is 12.3 Å². The molecule has 0 aliphatic heterocycles. The van der Waals surface area contributed by atoms with Gasteiger partial charge in [-0.15, -0.1) is 0 Å². The lowest BCUT2D eigenvalue weighted by Gasteiger charge is -2.17. The average Bonchev–Trinajstić information content (AvgIpc) is 2.53. The first-order chi connectivity index (χ1) is 9.78. The van der Waals surface area contributed by atoms with E-state index in [0.717, 1.165) is 22.6 Å². The maximum atomic E-state index is 9.66. The van der Waals surface area contributed by atoms with E-state index in [0.29, 0.717) is 6.42 Å². The molecular weight excluding hydrogens is 252 g/mol. The molecule has 0 radical (unpaired) electrons. The van der Waals surface area contributed by atoms with Crippen LogP contribution in [0, 0.1) is 0 Å². The second-order valence-electron chi connectivity index (χ2n) is 4.67. The second-order valence-corrected chi connectivity index (χ2v) is 4.67. The topological polar surface area (TPSA) is 38.7 Å². The van der Waals surface area contributed by atoms with E-state index in [1.165, 1.54) is 0 Å². The van der Waals surface area contributed by atoms with E-state index in [-0.39, 0.29) is 12.5 Å². The molecule has 2 aromatic carbocycles. The molecule has 1 atom stereocenters. The zero-order chi connectivity index (χ0) is 14.4. The molecule has 0 fully saturated rings. The van der Waals surface area contributed by atoms with Crippen molar-refractivity contribution in [1.82, 2.24) is 0 Å². The minimum Gasteiger partial charge on any atom is -0.497 e. The Morgan fingerprint density at radius 1 is 1.00 bits per heavy atom. The SMILES string of the molecule is COc1ccc(OC)c(CC(CO)c2ccccc2)c1. The van der Waals surface area contributed by atoms with Gasteiger partial charge >= 0.3 is 0 Å². The Bertz CT molecular complexity index is 537. The van der Waals surface area contributed by atoms with Gasteiger partial charge in [0, 0.05) is 5.92 Å². The maximum Gasteiger partial charge on any atom is 0.122 e. The summed E-state index contributed by atoms with van der Waals surface area (Å²) in [6.45, 7) is 0.102. The lowest BCUT2D eigenvalue weighted by Crippen LogP contribution is -2.08. The van der Waals surface area contributed by atoms with Crippen LogP contribution in [0.15, 0.2) is 48.5 Å². The van der Waals surface area contributed by atoms with Gasteiger partial charge < -0.3 is 14.6 Å². The van der Waals surface area contributed by atoms with Crippen LogP contribution in [-0.4, -0.2) is 25.9 Å². The van der Waals surface area contributed by atoms with Crippen LogP contribution in [0.1, 0.15) is 17.0 Å². The first kappa shape index (κ1) is 14.4. The molecule has 3 nitrogen and oxygen atoms in total. The van der Waals surface area contributed by atoms with Crippen molar-refractivity contribution in [1.29, 1.82) is 0 Å². The lowest BCUT2D eigenvalue weighted by atomic mass is 9.92. The monoisotopic (exact) mass is 272 g/mol. The van der Waals surface area contributed by atoms with Gasteiger partial charge in [0.05, 0.1) is 20.8 Å². The van der Waals surface area contributed by atoms with Crippen LogP contribution >= 0.6 is 0 Å². The Hall–Kier alpha value is -2.00. The van der Waals surface area contributed by atoms with Gasteiger partial charge in [-0.05, 0) is 35.7 Å². The largest absolute Gasteiger partial charge is 0.497 e. The van der Waals surface area contributed by atoms with Crippen molar-refractivity contribution in [3.63, 3.8) is 0 Å². The van der Waals surface area contributed by atoms with Gasteiger partial charge in [-0.3, -0.25) is 0 Å². The fourth-order valence-corrected chi connectivity index (χ4v) is 2.32. The summed E-state index contributed by atoms with van der Waals surface area (Å²) in [4.78, 5) is 0. The highest BCUT2D eigenvalue weighted by atomic mass is 16.5. The zero-order valence-corrected chi connectivity index (χ0v) is 11.9. The molecule has 0 aliphatic rings. The normalized spacial score (nSPS) is 11.9. The van der Waals surface area contributed by atoms with Crippen molar-refractivity contribution in [3.8, 4) is 11.5 Å². The lowest BCUT2D eigenvalue weighted by molar-refractivity contribution is 0.263. The highest BCUT2D eigenvalue weighted by Crippen LogP contribution is 2.29. The maximum absolute atomic E-state index is 9.66. The van der Waals surface area contributed by atoms with E-state index < -0.39 is 0 Å².